The minimum absolute atomic E-state index is 0.0392. The van der Waals surface area contributed by atoms with Crippen molar-refractivity contribution in [3.63, 3.8) is 0 Å². The number of nitrogens with one attached hydrogen (secondary N) is 1. The van der Waals surface area contributed by atoms with Crippen LogP contribution in [0.15, 0.2) is 41.5 Å². The highest BCUT2D eigenvalue weighted by atomic mass is 16.3. The van der Waals surface area contributed by atoms with Crippen LogP contribution in [-0.4, -0.2) is 57.0 Å². The van der Waals surface area contributed by atoms with Crippen molar-refractivity contribution in [1.29, 1.82) is 0 Å². The molecule has 3 atom stereocenters. The predicted octanol–water partition coefficient (Wildman–Crippen LogP) is 1.51. The molecule has 1 saturated carbocycles. The van der Waals surface area contributed by atoms with Crippen LogP contribution >= 0.6 is 0 Å². The van der Waals surface area contributed by atoms with Crippen LogP contribution in [0, 0.1) is 5.92 Å². The molecule has 0 aromatic carbocycles. The van der Waals surface area contributed by atoms with Gasteiger partial charge in [-0.15, -0.1) is 0 Å². The summed E-state index contributed by atoms with van der Waals surface area (Å²) >= 11 is 0. The van der Waals surface area contributed by atoms with Crippen molar-refractivity contribution in [3.05, 3.63) is 42.6 Å². The first-order valence-corrected chi connectivity index (χ1v) is 9.42. The molecule has 3 heterocycles. The van der Waals surface area contributed by atoms with E-state index in [-0.39, 0.29) is 18.1 Å². The predicted molar refractivity (Wildman–Crippen MR) is 95.5 cm³/mol. The van der Waals surface area contributed by atoms with Gasteiger partial charge in [0.2, 0.25) is 0 Å². The summed E-state index contributed by atoms with van der Waals surface area (Å²) in [6.07, 6.45) is 10.1. The summed E-state index contributed by atoms with van der Waals surface area (Å²) in [6, 6.07) is 4.13. The molecule has 140 valence electrons. The van der Waals surface area contributed by atoms with E-state index < -0.39 is 0 Å². The van der Waals surface area contributed by atoms with Crippen molar-refractivity contribution in [2.24, 2.45) is 5.92 Å². The minimum Gasteiger partial charge on any atom is -0.472 e. The van der Waals surface area contributed by atoms with Crippen LogP contribution in [0.3, 0.4) is 0 Å². The lowest BCUT2D eigenvalue weighted by molar-refractivity contribution is 0.0686. The molecule has 0 bridgehead atoms. The number of likely N-dealkylation sites (tertiary alicyclic amines) is 1. The molecule has 2 aromatic rings. The number of nitrogens with zero attached hydrogens (tertiary/aromatic N) is 3. The smallest absolute Gasteiger partial charge is 0.257 e. The van der Waals surface area contributed by atoms with Crippen LogP contribution in [0.25, 0.3) is 0 Å². The molecular formula is C19H26N4O3. The molecular weight excluding hydrogens is 332 g/mol. The van der Waals surface area contributed by atoms with E-state index in [1.54, 1.807) is 12.3 Å². The number of hydrogen-bond acceptors (Lipinski definition) is 5. The largest absolute Gasteiger partial charge is 0.472 e. The molecule has 7 nitrogen and oxygen atoms in total. The fourth-order valence-corrected chi connectivity index (χ4v) is 4.24. The third-order valence-corrected chi connectivity index (χ3v) is 5.63. The van der Waals surface area contributed by atoms with E-state index >= 15 is 0 Å². The third kappa shape index (κ3) is 3.83. The van der Waals surface area contributed by atoms with Gasteiger partial charge in [-0.05, 0) is 43.7 Å². The molecule has 2 aromatic heterocycles. The number of carbonyl (C=O) groups is 1. The molecule has 2 fully saturated rings. The second-order valence-electron chi connectivity index (χ2n) is 7.48. The van der Waals surface area contributed by atoms with Gasteiger partial charge in [0.1, 0.15) is 6.26 Å². The summed E-state index contributed by atoms with van der Waals surface area (Å²) in [5, 5.41) is 18.3. The maximum Gasteiger partial charge on any atom is 0.257 e. The van der Waals surface area contributed by atoms with Gasteiger partial charge in [-0.25, -0.2) is 0 Å². The van der Waals surface area contributed by atoms with Gasteiger partial charge >= 0.3 is 0 Å². The van der Waals surface area contributed by atoms with E-state index in [9.17, 15) is 9.90 Å². The minimum atomic E-state index is -0.304. The summed E-state index contributed by atoms with van der Waals surface area (Å²) in [4.78, 5) is 14.2. The molecule has 4 rings (SSSR count). The maximum absolute atomic E-state index is 12.4. The van der Waals surface area contributed by atoms with Crippen molar-refractivity contribution in [2.75, 3.05) is 13.1 Å². The average Bonchev–Trinajstić information content (AvgIpc) is 3.39. The molecule has 1 aliphatic carbocycles. The highest BCUT2D eigenvalue weighted by Gasteiger charge is 2.35. The van der Waals surface area contributed by atoms with Crippen LogP contribution in [-0.2, 0) is 6.54 Å². The molecule has 2 aliphatic rings. The normalized spacial score (nSPS) is 27.1. The standard InChI is InChI=1S/C19H26N4O3/c24-18-11-14(12-23-6-1-5-20-23)10-17(18)21-16-2-7-22(8-3-16)19(25)15-4-9-26-13-15/h1,4-6,9,13-14,16-18,21,24H,2-3,7-8,10-12H2/t14?,17-,18-/m1/s1. The number of amides is 1. The number of aliphatic hydroxyl groups is 1. The molecule has 2 N–H and O–H groups in total. The Kier molecular flexibility index (Phi) is 5.08. The Bertz CT molecular complexity index is 692. The van der Waals surface area contributed by atoms with Gasteiger partial charge in [0.15, 0.2) is 0 Å². The molecule has 1 unspecified atom stereocenters. The van der Waals surface area contributed by atoms with Crippen LogP contribution in [0.2, 0.25) is 0 Å². The van der Waals surface area contributed by atoms with E-state index in [1.165, 1.54) is 12.5 Å². The zero-order valence-electron chi connectivity index (χ0n) is 14.8. The van der Waals surface area contributed by atoms with Crippen LogP contribution in [0.5, 0.6) is 0 Å². The molecule has 1 saturated heterocycles. The van der Waals surface area contributed by atoms with Gasteiger partial charge in [-0.2, -0.15) is 5.10 Å². The first-order chi connectivity index (χ1) is 12.7. The van der Waals surface area contributed by atoms with Gasteiger partial charge in [-0.1, -0.05) is 0 Å². The highest BCUT2D eigenvalue weighted by molar-refractivity contribution is 5.93. The lowest BCUT2D eigenvalue weighted by Gasteiger charge is -2.34. The van der Waals surface area contributed by atoms with E-state index in [2.05, 4.69) is 10.4 Å². The van der Waals surface area contributed by atoms with Crippen molar-refractivity contribution in [1.82, 2.24) is 20.0 Å². The fraction of sp³-hybridized carbons (Fsp3) is 0.579. The number of hydrogen-bond donors (Lipinski definition) is 2. The van der Waals surface area contributed by atoms with E-state index in [0.717, 1.165) is 45.3 Å². The average molecular weight is 358 g/mol. The Morgan fingerprint density at radius 1 is 1.35 bits per heavy atom. The van der Waals surface area contributed by atoms with Gasteiger partial charge in [-0.3, -0.25) is 9.48 Å². The second-order valence-corrected chi connectivity index (χ2v) is 7.48. The number of piperidine rings is 1. The summed E-state index contributed by atoms with van der Waals surface area (Å²) in [5.41, 5.74) is 0.615. The quantitative estimate of drug-likeness (QED) is 0.846. The third-order valence-electron chi connectivity index (χ3n) is 5.63. The number of rotatable bonds is 5. The Balaban J connectivity index is 1.24. The Morgan fingerprint density at radius 3 is 2.88 bits per heavy atom. The first-order valence-electron chi connectivity index (χ1n) is 9.42. The zero-order chi connectivity index (χ0) is 17.9. The molecule has 26 heavy (non-hydrogen) atoms. The Labute approximate surface area is 153 Å². The molecule has 1 amide bonds. The molecule has 7 heteroatoms. The summed E-state index contributed by atoms with van der Waals surface area (Å²) in [7, 11) is 0. The van der Waals surface area contributed by atoms with Crippen LogP contribution in [0.4, 0.5) is 0 Å². The number of aromatic nitrogens is 2. The SMILES string of the molecule is O=C(c1ccoc1)N1CCC(N[C@@H]2CC(Cn3cccn3)C[C@H]2O)CC1. The van der Waals surface area contributed by atoms with Crippen molar-refractivity contribution >= 4 is 5.91 Å². The summed E-state index contributed by atoms with van der Waals surface area (Å²) in [5.74, 6) is 0.488. The van der Waals surface area contributed by atoms with E-state index in [0.29, 0.717) is 17.5 Å². The first kappa shape index (κ1) is 17.3. The summed E-state index contributed by atoms with van der Waals surface area (Å²) in [6.45, 7) is 2.34. The van der Waals surface area contributed by atoms with Gasteiger partial charge in [0, 0.05) is 44.1 Å². The molecule has 1 aliphatic heterocycles. The second kappa shape index (κ2) is 7.63. The summed E-state index contributed by atoms with van der Waals surface area (Å²) < 4.78 is 6.95. The highest BCUT2D eigenvalue weighted by Crippen LogP contribution is 2.28. The topological polar surface area (TPSA) is 83.5 Å². The number of aliphatic hydroxyl groups excluding tert-OH is 1. The van der Waals surface area contributed by atoms with Crippen molar-refractivity contribution in [2.45, 2.75) is 50.4 Å². The molecule has 0 spiro atoms. The maximum atomic E-state index is 12.4. The monoisotopic (exact) mass is 358 g/mol. The van der Waals surface area contributed by atoms with Crippen LogP contribution in [0.1, 0.15) is 36.0 Å². The van der Waals surface area contributed by atoms with E-state index in [1.807, 2.05) is 21.8 Å². The molecule has 0 radical (unpaired) electrons. The Morgan fingerprint density at radius 2 is 2.19 bits per heavy atom. The van der Waals surface area contributed by atoms with E-state index in [4.69, 9.17) is 4.42 Å². The van der Waals surface area contributed by atoms with Gasteiger partial charge < -0.3 is 19.7 Å². The lowest BCUT2D eigenvalue weighted by atomic mass is 10.0. The van der Waals surface area contributed by atoms with Gasteiger partial charge in [0.05, 0.1) is 17.9 Å². The zero-order valence-corrected chi connectivity index (χ0v) is 14.8. The van der Waals surface area contributed by atoms with Crippen LogP contribution < -0.4 is 5.32 Å². The number of carbonyl (C=O) groups excluding carboxylic acids is 1. The fourth-order valence-electron chi connectivity index (χ4n) is 4.24. The van der Waals surface area contributed by atoms with Gasteiger partial charge in [0.25, 0.3) is 5.91 Å². The Hall–Kier alpha value is -2.12. The number of furan rings is 1. The van der Waals surface area contributed by atoms with Crippen molar-refractivity contribution in [3.8, 4) is 0 Å². The van der Waals surface area contributed by atoms with Crippen molar-refractivity contribution < 1.29 is 14.3 Å². The lowest BCUT2D eigenvalue weighted by Crippen LogP contribution is -2.49.